The molecule has 1 rings (SSSR count). The number of hydrogen-bond acceptors (Lipinski definition) is 2. The van der Waals surface area contributed by atoms with E-state index in [1.807, 2.05) is 30.8 Å². The molecule has 0 spiro atoms. The van der Waals surface area contributed by atoms with E-state index in [1.54, 1.807) is 6.20 Å². The molecule has 0 unspecified atom stereocenters. The molecule has 0 fully saturated rings. The predicted octanol–water partition coefficient (Wildman–Crippen LogP) is 1.05. The highest BCUT2D eigenvalue weighted by Gasteiger charge is 2.04. The van der Waals surface area contributed by atoms with Crippen LogP contribution in [0.25, 0.3) is 0 Å². The fraction of sp³-hybridized carbons (Fsp3) is 0.600. The molecular weight excluding hydrogens is 178 g/mol. The largest absolute Gasteiger partial charge is 0.356 e. The third kappa shape index (κ3) is 3.60. The fourth-order valence-electron chi connectivity index (χ4n) is 1.09. The van der Waals surface area contributed by atoms with Crippen LogP contribution in [0.4, 0.5) is 0 Å². The van der Waals surface area contributed by atoms with Gasteiger partial charge in [0.2, 0.25) is 5.91 Å². The van der Waals surface area contributed by atoms with Gasteiger partial charge in [-0.3, -0.25) is 9.48 Å². The molecule has 0 bridgehead atoms. The molecule has 0 aliphatic heterocycles. The van der Waals surface area contributed by atoms with Crippen LogP contribution < -0.4 is 5.32 Å². The first-order valence-electron chi connectivity index (χ1n) is 4.95. The molecule has 14 heavy (non-hydrogen) atoms. The Balaban J connectivity index is 2.08. The number of carbonyl (C=O) groups excluding carboxylic acids is 1. The van der Waals surface area contributed by atoms with Crippen molar-refractivity contribution in [3.8, 4) is 0 Å². The van der Waals surface area contributed by atoms with Crippen molar-refractivity contribution in [2.45, 2.75) is 26.8 Å². The summed E-state index contributed by atoms with van der Waals surface area (Å²) >= 11 is 0. The van der Waals surface area contributed by atoms with E-state index in [0.29, 0.717) is 0 Å². The zero-order valence-electron chi connectivity index (χ0n) is 8.73. The Hall–Kier alpha value is -1.32. The molecule has 1 amide bonds. The minimum atomic E-state index is 0.0692. The molecule has 1 N–H and O–H groups in total. The van der Waals surface area contributed by atoms with Crippen LogP contribution in [-0.4, -0.2) is 22.2 Å². The molecule has 0 aliphatic rings. The smallest absolute Gasteiger partial charge is 0.222 e. The van der Waals surface area contributed by atoms with E-state index in [9.17, 15) is 4.79 Å². The van der Waals surface area contributed by atoms with Gasteiger partial charge in [-0.15, -0.1) is 0 Å². The highest BCUT2D eigenvalue weighted by atomic mass is 16.1. The Morgan fingerprint density at radius 1 is 1.57 bits per heavy atom. The lowest BCUT2D eigenvalue weighted by Gasteiger charge is -2.07. The maximum atomic E-state index is 11.2. The maximum Gasteiger partial charge on any atom is 0.222 e. The molecule has 4 heteroatoms. The van der Waals surface area contributed by atoms with Gasteiger partial charge in [0.15, 0.2) is 0 Å². The van der Waals surface area contributed by atoms with Crippen LogP contribution in [0.1, 0.15) is 20.3 Å². The number of carbonyl (C=O) groups is 1. The average molecular weight is 195 g/mol. The summed E-state index contributed by atoms with van der Waals surface area (Å²) in [5.41, 5.74) is 0. The number of aromatic nitrogens is 2. The van der Waals surface area contributed by atoms with Crippen LogP contribution >= 0.6 is 0 Å². The molecule has 0 saturated carbocycles. The van der Waals surface area contributed by atoms with Crippen molar-refractivity contribution in [2.75, 3.05) is 6.54 Å². The van der Waals surface area contributed by atoms with Crippen LogP contribution in [-0.2, 0) is 11.3 Å². The summed E-state index contributed by atoms with van der Waals surface area (Å²) in [6.45, 7) is 5.36. The summed E-state index contributed by atoms with van der Waals surface area (Å²) in [5.74, 6) is 0.185. The van der Waals surface area contributed by atoms with Crippen molar-refractivity contribution in [3.63, 3.8) is 0 Å². The lowest BCUT2D eigenvalue weighted by molar-refractivity contribution is -0.123. The van der Waals surface area contributed by atoms with Crippen molar-refractivity contribution in [1.82, 2.24) is 15.1 Å². The lowest BCUT2D eigenvalue weighted by Crippen LogP contribution is -2.29. The number of aryl methyl sites for hydroxylation is 1. The zero-order chi connectivity index (χ0) is 10.4. The second-order valence-corrected chi connectivity index (χ2v) is 3.57. The summed E-state index contributed by atoms with van der Waals surface area (Å²) in [5, 5.41) is 6.94. The van der Waals surface area contributed by atoms with Crippen LogP contribution in [0.5, 0.6) is 0 Å². The predicted molar refractivity (Wildman–Crippen MR) is 54.7 cm³/mol. The van der Waals surface area contributed by atoms with Crippen LogP contribution in [0.15, 0.2) is 18.5 Å². The van der Waals surface area contributed by atoms with E-state index >= 15 is 0 Å². The number of hydrogen-bond donors (Lipinski definition) is 1. The van der Waals surface area contributed by atoms with Crippen molar-refractivity contribution >= 4 is 5.91 Å². The Kier molecular flexibility index (Phi) is 4.16. The van der Waals surface area contributed by atoms with Gasteiger partial charge in [-0.1, -0.05) is 13.8 Å². The molecule has 0 radical (unpaired) electrons. The Morgan fingerprint density at radius 3 is 2.93 bits per heavy atom. The summed E-state index contributed by atoms with van der Waals surface area (Å²) in [7, 11) is 0. The molecule has 0 saturated heterocycles. The van der Waals surface area contributed by atoms with E-state index in [0.717, 1.165) is 19.5 Å². The van der Waals surface area contributed by atoms with Crippen molar-refractivity contribution in [2.24, 2.45) is 5.92 Å². The van der Waals surface area contributed by atoms with Gasteiger partial charge in [-0.25, -0.2) is 0 Å². The fourth-order valence-corrected chi connectivity index (χ4v) is 1.09. The van der Waals surface area contributed by atoms with Crippen LogP contribution in [0, 0.1) is 5.92 Å². The molecule has 1 heterocycles. The molecule has 0 aromatic carbocycles. The van der Waals surface area contributed by atoms with Crippen molar-refractivity contribution < 1.29 is 4.79 Å². The van der Waals surface area contributed by atoms with Gasteiger partial charge >= 0.3 is 0 Å². The summed E-state index contributed by atoms with van der Waals surface area (Å²) < 4.78 is 1.86. The number of nitrogens with one attached hydrogen (secondary N) is 1. The van der Waals surface area contributed by atoms with Gasteiger partial charge in [0, 0.05) is 31.4 Å². The highest BCUT2D eigenvalue weighted by Crippen LogP contribution is 1.92. The van der Waals surface area contributed by atoms with Crippen LogP contribution in [0.2, 0.25) is 0 Å². The quantitative estimate of drug-likeness (QED) is 0.714. The van der Waals surface area contributed by atoms with E-state index in [4.69, 9.17) is 0 Å². The van der Waals surface area contributed by atoms with Gasteiger partial charge in [-0.2, -0.15) is 5.10 Å². The van der Waals surface area contributed by atoms with Gasteiger partial charge in [0.05, 0.1) is 0 Å². The molecular formula is C10H17N3O. The first-order valence-corrected chi connectivity index (χ1v) is 4.95. The number of amides is 1. The van der Waals surface area contributed by atoms with Gasteiger partial charge in [-0.05, 0) is 12.5 Å². The second kappa shape index (κ2) is 5.42. The SMILES string of the molecule is CC(C)C(=O)NCCCn1cccn1. The Bertz CT molecular complexity index is 267. The van der Waals surface area contributed by atoms with E-state index < -0.39 is 0 Å². The second-order valence-electron chi connectivity index (χ2n) is 3.57. The first-order chi connectivity index (χ1) is 6.70. The molecule has 0 atom stereocenters. The summed E-state index contributed by atoms with van der Waals surface area (Å²) in [4.78, 5) is 11.2. The molecule has 78 valence electrons. The third-order valence-corrected chi connectivity index (χ3v) is 1.95. The molecule has 0 aliphatic carbocycles. The first kappa shape index (κ1) is 10.8. The van der Waals surface area contributed by atoms with E-state index in [2.05, 4.69) is 10.4 Å². The zero-order valence-corrected chi connectivity index (χ0v) is 8.73. The summed E-state index contributed by atoms with van der Waals surface area (Å²) in [6.07, 6.45) is 4.59. The van der Waals surface area contributed by atoms with E-state index in [-0.39, 0.29) is 11.8 Å². The Morgan fingerprint density at radius 2 is 2.36 bits per heavy atom. The van der Waals surface area contributed by atoms with E-state index in [1.165, 1.54) is 0 Å². The molecule has 1 aromatic heterocycles. The monoisotopic (exact) mass is 195 g/mol. The maximum absolute atomic E-state index is 11.2. The number of rotatable bonds is 5. The average Bonchev–Trinajstić information content (AvgIpc) is 2.64. The van der Waals surface area contributed by atoms with Gasteiger partial charge in [0.25, 0.3) is 0 Å². The molecule has 4 nitrogen and oxygen atoms in total. The highest BCUT2D eigenvalue weighted by molar-refractivity contribution is 5.77. The minimum absolute atomic E-state index is 0.0692. The van der Waals surface area contributed by atoms with Crippen molar-refractivity contribution in [1.29, 1.82) is 0 Å². The van der Waals surface area contributed by atoms with Gasteiger partial charge in [0.1, 0.15) is 0 Å². The topological polar surface area (TPSA) is 46.9 Å². The van der Waals surface area contributed by atoms with Crippen molar-refractivity contribution in [3.05, 3.63) is 18.5 Å². The minimum Gasteiger partial charge on any atom is -0.356 e. The summed E-state index contributed by atoms with van der Waals surface area (Å²) in [6, 6.07) is 1.90. The van der Waals surface area contributed by atoms with Crippen LogP contribution in [0.3, 0.4) is 0 Å². The lowest BCUT2D eigenvalue weighted by atomic mass is 10.2. The van der Waals surface area contributed by atoms with Gasteiger partial charge < -0.3 is 5.32 Å². The molecule has 1 aromatic rings. The third-order valence-electron chi connectivity index (χ3n) is 1.95. The normalized spacial score (nSPS) is 10.5. The standard InChI is InChI=1S/C10H17N3O/c1-9(2)10(14)11-5-3-7-13-8-4-6-12-13/h4,6,8-9H,3,5,7H2,1-2H3,(H,11,14). The Labute approximate surface area is 84.3 Å². The number of nitrogens with zero attached hydrogens (tertiary/aromatic N) is 2.